The Kier molecular flexibility index (Phi) is 5.70. The lowest BCUT2D eigenvalue weighted by Crippen LogP contribution is -2.30. The maximum Gasteiger partial charge on any atom is 0.227 e. The fourth-order valence-corrected chi connectivity index (χ4v) is 1.55. The van der Waals surface area contributed by atoms with Gasteiger partial charge in [-0.2, -0.15) is 0 Å². The average Bonchev–Trinajstić information content (AvgIpc) is 2.34. The maximum atomic E-state index is 11.9. The van der Waals surface area contributed by atoms with E-state index < -0.39 is 0 Å². The lowest BCUT2D eigenvalue weighted by atomic mass is 10.2. The van der Waals surface area contributed by atoms with Crippen molar-refractivity contribution in [2.45, 2.75) is 20.3 Å². The first-order chi connectivity index (χ1) is 8.11. The predicted octanol–water partition coefficient (Wildman–Crippen LogP) is 2.29. The highest BCUT2D eigenvalue weighted by molar-refractivity contribution is 5.92. The molecule has 0 saturated carbocycles. The Morgan fingerprint density at radius 3 is 2.53 bits per heavy atom. The summed E-state index contributed by atoms with van der Waals surface area (Å²) in [5.74, 6) is 0.768. The Balaban J connectivity index is 2.33. The van der Waals surface area contributed by atoms with Gasteiger partial charge in [0.2, 0.25) is 5.91 Å². The van der Waals surface area contributed by atoms with Crippen LogP contribution >= 0.6 is 0 Å². The quantitative estimate of drug-likeness (QED) is 0.766. The van der Waals surface area contributed by atoms with E-state index in [4.69, 9.17) is 0 Å². The summed E-state index contributed by atoms with van der Waals surface area (Å²) >= 11 is 0. The molecule has 0 saturated heterocycles. The van der Waals surface area contributed by atoms with Gasteiger partial charge in [-0.15, -0.1) is 0 Å². The molecule has 3 heteroatoms. The van der Waals surface area contributed by atoms with Gasteiger partial charge in [-0.25, -0.2) is 0 Å². The monoisotopic (exact) mass is 234 g/mol. The third-order valence-corrected chi connectivity index (χ3v) is 2.59. The van der Waals surface area contributed by atoms with E-state index in [0.717, 1.165) is 18.8 Å². The van der Waals surface area contributed by atoms with Crippen molar-refractivity contribution in [1.82, 2.24) is 5.32 Å². The van der Waals surface area contributed by atoms with Gasteiger partial charge in [-0.1, -0.05) is 32.0 Å². The number of carbonyl (C=O) groups is 1. The first kappa shape index (κ1) is 13.7. The van der Waals surface area contributed by atoms with Crippen LogP contribution in [0.2, 0.25) is 0 Å². The largest absolute Gasteiger partial charge is 0.316 e. The molecule has 1 amide bonds. The molecule has 0 radical (unpaired) electrons. The Labute approximate surface area is 104 Å². The van der Waals surface area contributed by atoms with Crippen LogP contribution in [0.4, 0.5) is 5.69 Å². The zero-order valence-corrected chi connectivity index (χ0v) is 10.9. The van der Waals surface area contributed by atoms with Crippen LogP contribution in [-0.4, -0.2) is 26.0 Å². The van der Waals surface area contributed by atoms with Crippen LogP contribution in [-0.2, 0) is 4.79 Å². The van der Waals surface area contributed by atoms with Gasteiger partial charge < -0.3 is 10.2 Å². The summed E-state index contributed by atoms with van der Waals surface area (Å²) in [5, 5.41) is 3.27. The molecule has 94 valence electrons. The number of benzene rings is 1. The van der Waals surface area contributed by atoms with Crippen LogP contribution in [0.25, 0.3) is 0 Å². The predicted molar refractivity (Wildman–Crippen MR) is 72.2 cm³/mol. The van der Waals surface area contributed by atoms with E-state index in [2.05, 4.69) is 19.2 Å². The van der Waals surface area contributed by atoms with Gasteiger partial charge in [0.05, 0.1) is 0 Å². The van der Waals surface area contributed by atoms with Crippen LogP contribution in [0, 0.1) is 5.92 Å². The topological polar surface area (TPSA) is 32.3 Å². The van der Waals surface area contributed by atoms with Crippen LogP contribution in [0.5, 0.6) is 0 Å². The molecule has 0 aliphatic carbocycles. The molecule has 0 aromatic heterocycles. The highest BCUT2D eigenvalue weighted by Crippen LogP contribution is 2.11. The Morgan fingerprint density at radius 1 is 1.29 bits per heavy atom. The molecule has 1 aromatic carbocycles. The molecule has 3 nitrogen and oxygen atoms in total. The first-order valence-electron chi connectivity index (χ1n) is 6.13. The summed E-state index contributed by atoms with van der Waals surface area (Å²) in [4.78, 5) is 13.6. The standard InChI is InChI=1S/C14H22N2O/c1-12(2)11-15-10-9-14(17)16(3)13-7-5-4-6-8-13/h4-8,12,15H,9-11H2,1-3H3. The molecular formula is C14H22N2O. The lowest BCUT2D eigenvalue weighted by Gasteiger charge is -2.17. The van der Waals surface area contributed by atoms with E-state index >= 15 is 0 Å². The molecule has 1 rings (SSSR count). The third kappa shape index (κ3) is 5.00. The molecule has 0 spiro atoms. The number of rotatable bonds is 6. The highest BCUT2D eigenvalue weighted by atomic mass is 16.2. The summed E-state index contributed by atoms with van der Waals surface area (Å²) in [5.41, 5.74) is 0.946. The van der Waals surface area contributed by atoms with Gasteiger partial charge >= 0.3 is 0 Å². The molecule has 1 N–H and O–H groups in total. The van der Waals surface area contributed by atoms with Crippen LogP contribution in [0.15, 0.2) is 30.3 Å². The summed E-state index contributed by atoms with van der Waals surface area (Å²) in [6.07, 6.45) is 0.540. The molecular weight excluding hydrogens is 212 g/mol. The van der Waals surface area contributed by atoms with E-state index in [1.807, 2.05) is 37.4 Å². The highest BCUT2D eigenvalue weighted by Gasteiger charge is 2.09. The van der Waals surface area contributed by atoms with Crippen LogP contribution < -0.4 is 10.2 Å². The van der Waals surface area contributed by atoms with Gasteiger partial charge in [0, 0.05) is 25.7 Å². The molecule has 1 aromatic rings. The Morgan fingerprint density at radius 2 is 1.94 bits per heavy atom. The lowest BCUT2D eigenvalue weighted by molar-refractivity contribution is -0.118. The van der Waals surface area contributed by atoms with Crippen molar-refractivity contribution >= 4 is 11.6 Å². The van der Waals surface area contributed by atoms with Crippen molar-refractivity contribution in [1.29, 1.82) is 0 Å². The third-order valence-electron chi connectivity index (χ3n) is 2.59. The molecule has 0 bridgehead atoms. The second-order valence-corrected chi connectivity index (χ2v) is 4.64. The van der Waals surface area contributed by atoms with E-state index in [0.29, 0.717) is 12.3 Å². The fraction of sp³-hybridized carbons (Fsp3) is 0.500. The number of hydrogen-bond acceptors (Lipinski definition) is 2. The van der Waals surface area contributed by atoms with Gasteiger partial charge in [-0.3, -0.25) is 4.79 Å². The Bertz CT molecular complexity index is 335. The SMILES string of the molecule is CC(C)CNCCC(=O)N(C)c1ccccc1. The minimum absolute atomic E-state index is 0.146. The molecule has 0 aliphatic rings. The number of hydrogen-bond donors (Lipinski definition) is 1. The van der Waals surface area contributed by atoms with Crippen molar-refractivity contribution in [3.63, 3.8) is 0 Å². The van der Waals surface area contributed by atoms with Gasteiger partial charge in [0.25, 0.3) is 0 Å². The fourth-order valence-electron chi connectivity index (χ4n) is 1.55. The number of amides is 1. The average molecular weight is 234 g/mol. The van der Waals surface area contributed by atoms with Crippen molar-refractivity contribution in [2.75, 3.05) is 25.0 Å². The van der Waals surface area contributed by atoms with E-state index in [1.165, 1.54) is 0 Å². The molecule has 0 fully saturated rings. The normalized spacial score (nSPS) is 10.6. The summed E-state index contributed by atoms with van der Waals surface area (Å²) in [6.45, 7) is 6.02. The molecule has 0 aliphatic heterocycles. The minimum atomic E-state index is 0.146. The van der Waals surface area contributed by atoms with E-state index in [1.54, 1.807) is 4.90 Å². The number of anilines is 1. The van der Waals surface area contributed by atoms with Crippen molar-refractivity contribution in [3.05, 3.63) is 30.3 Å². The number of para-hydroxylation sites is 1. The van der Waals surface area contributed by atoms with Crippen LogP contribution in [0.3, 0.4) is 0 Å². The minimum Gasteiger partial charge on any atom is -0.316 e. The first-order valence-corrected chi connectivity index (χ1v) is 6.13. The molecule has 0 atom stereocenters. The number of carbonyl (C=O) groups excluding carboxylic acids is 1. The van der Waals surface area contributed by atoms with Gasteiger partial charge in [0.15, 0.2) is 0 Å². The zero-order chi connectivity index (χ0) is 12.7. The summed E-state index contributed by atoms with van der Waals surface area (Å²) < 4.78 is 0. The van der Waals surface area contributed by atoms with Crippen molar-refractivity contribution in [2.24, 2.45) is 5.92 Å². The van der Waals surface area contributed by atoms with Gasteiger partial charge in [0.1, 0.15) is 0 Å². The number of nitrogens with zero attached hydrogens (tertiary/aromatic N) is 1. The molecule has 17 heavy (non-hydrogen) atoms. The smallest absolute Gasteiger partial charge is 0.227 e. The Hall–Kier alpha value is -1.35. The van der Waals surface area contributed by atoms with Crippen LogP contribution in [0.1, 0.15) is 20.3 Å². The second kappa shape index (κ2) is 7.07. The summed E-state index contributed by atoms with van der Waals surface area (Å²) in [6, 6.07) is 9.72. The second-order valence-electron chi connectivity index (χ2n) is 4.64. The van der Waals surface area contributed by atoms with Gasteiger partial charge in [-0.05, 0) is 24.6 Å². The van der Waals surface area contributed by atoms with Crippen molar-refractivity contribution < 1.29 is 4.79 Å². The summed E-state index contributed by atoms with van der Waals surface area (Å²) in [7, 11) is 1.82. The zero-order valence-electron chi connectivity index (χ0n) is 10.9. The number of nitrogens with one attached hydrogen (secondary N) is 1. The van der Waals surface area contributed by atoms with E-state index in [-0.39, 0.29) is 5.91 Å². The molecule has 0 unspecified atom stereocenters. The van der Waals surface area contributed by atoms with Crippen molar-refractivity contribution in [3.8, 4) is 0 Å². The molecule has 0 heterocycles. The maximum absolute atomic E-state index is 11.9. The van der Waals surface area contributed by atoms with E-state index in [9.17, 15) is 4.79 Å².